The molecule has 0 bridgehead atoms. The van der Waals surface area contributed by atoms with E-state index in [1.165, 1.54) is 12.2 Å². The lowest BCUT2D eigenvalue weighted by Crippen LogP contribution is -2.48. The Morgan fingerprint density at radius 1 is 0.667 bits per heavy atom. The summed E-state index contributed by atoms with van der Waals surface area (Å²) in [6.45, 7) is 5.13. The van der Waals surface area contributed by atoms with Gasteiger partial charge in [0.15, 0.2) is 5.25 Å². The van der Waals surface area contributed by atoms with Crippen LogP contribution in [0.5, 0.6) is 0 Å². The molecule has 20 heteroatoms. The van der Waals surface area contributed by atoms with Crippen LogP contribution in [0.2, 0.25) is 0 Å². The van der Waals surface area contributed by atoms with Crippen LogP contribution in [0.15, 0.2) is 24.3 Å². The summed E-state index contributed by atoms with van der Waals surface area (Å²) >= 11 is 0. The Morgan fingerprint density at radius 3 is 1.59 bits per heavy atom. The number of nitrogens with one attached hydrogen (secondary N) is 2. The van der Waals surface area contributed by atoms with Crippen LogP contribution in [0.4, 0.5) is 4.79 Å². The van der Waals surface area contributed by atoms with Crippen molar-refractivity contribution in [3.63, 3.8) is 0 Å². The minimum atomic E-state index is -4.79. The number of carbonyl (C=O) groups excluding carboxylic acids is 4. The Hall–Kier alpha value is -3.05. The first kappa shape index (κ1) is 47.1. The molecule has 3 N–H and O–H groups in total. The Labute approximate surface area is 317 Å². The molecule has 2 unspecified atom stereocenters. The number of allylic oxidation sites excluding steroid dienone is 2. The first-order valence-corrected chi connectivity index (χ1v) is 19.7. The van der Waals surface area contributed by atoms with Gasteiger partial charge >= 0.3 is 6.09 Å². The normalized spacial score (nSPS) is 17.3. The average molecular weight is 796 g/mol. The predicted molar refractivity (Wildman–Crippen MR) is 191 cm³/mol. The number of alkyl carbamates (subject to hydrolysis) is 1. The van der Waals surface area contributed by atoms with Gasteiger partial charge in [0.05, 0.1) is 112 Å². The zero-order valence-corrected chi connectivity index (χ0v) is 31.7. The Balaban J connectivity index is 1.29. The van der Waals surface area contributed by atoms with Crippen LogP contribution in [0.1, 0.15) is 32.1 Å². The van der Waals surface area contributed by atoms with Crippen molar-refractivity contribution in [3.05, 3.63) is 24.3 Å². The lowest BCUT2D eigenvalue weighted by molar-refractivity contribution is -0.137. The molecule has 0 saturated heterocycles. The van der Waals surface area contributed by atoms with Gasteiger partial charge in [0, 0.05) is 25.2 Å². The molecular weight excluding hydrogens is 738 g/mol. The smallest absolute Gasteiger partial charge is 0.407 e. The third-order valence-electron chi connectivity index (χ3n) is 7.59. The maximum atomic E-state index is 12.4. The lowest BCUT2D eigenvalue weighted by Gasteiger charge is -2.20. The highest BCUT2D eigenvalue weighted by Gasteiger charge is 2.32. The second-order valence-corrected chi connectivity index (χ2v) is 13.3. The number of hydrogen-bond acceptors (Lipinski definition) is 15. The number of rotatable bonds is 32. The van der Waals surface area contributed by atoms with Crippen molar-refractivity contribution in [2.45, 2.75) is 43.5 Å². The lowest BCUT2D eigenvalue weighted by atomic mass is 10.0. The summed E-state index contributed by atoms with van der Waals surface area (Å²) in [5.41, 5.74) is 0. The summed E-state index contributed by atoms with van der Waals surface area (Å²) in [5, 5.41) is 2.74. The summed E-state index contributed by atoms with van der Waals surface area (Å²) in [6, 6.07) is 0. The quantitative estimate of drug-likeness (QED) is 0.0353. The van der Waals surface area contributed by atoms with Crippen LogP contribution < -0.4 is 10.6 Å². The maximum absolute atomic E-state index is 12.4. The molecule has 1 heterocycles. The molecule has 54 heavy (non-hydrogen) atoms. The summed E-state index contributed by atoms with van der Waals surface area (Å²) in [4.78, 5) is 48.5. The largest absolute Gasteiger partial charge is 0.446 e. The van der Waals surface area contributed by atoms with E-state index in [-0.39, 0.29) is 57.4 Å². The highest BCUT2D eigenvalue weighted by atomic mass is 32.2. The van der Waals surface area contributed by atoms with Crippen LogP contribution >= 0.6 is 0 Å². The van der Waals surface area contributed by atoms with E-state index in [1.807, 2.05) is 6.08 Å². The molecule has 0 spiro atoms. The van der Waals surface area contributed by atoms with E-state index in [9.17, 15) is 32.1 Å². The molecule has 0 fully saturated rings. The van der Waals surface area contributed by atoms with Crippen LogP contribution in [0.3, 0.4) is 0 Å². The Kier molecular flexibility index (Phi) is 26.3. The fourth-order valence-corrected chi connectivity index (χ4v) is 5.40. The van der Waals surface area contributed by atoms with E-state index < -0.39 is 33.9 Å². The van der Waals surface area contributed by atoms with Gasteiger partial charge in [-0.3, -0.25) is 23.8 Å². The van der Waals surface area contributed by atoms with Crippen molar-refractivity contribution in [1.82, 2.24) is 15.5 Å². The Morgan fingerprint density at radius 2 is 1.11 bits per heavy atom. The first-order chi connectivity index (χ1) is 26.2. The summed E-state index contributed by atoms with van der Waals surface area (Å²) in [7, 11) is -4.79. The molecule has 1 aliphatic heterocycles. The van der Waals surface area contributed by atoms with E-state index in [1.54, 1.807) is 0 Å². The van der Waals surface area contributed by atoms with Crippen molar-refractivity contribution in [1.29, 1.82) is 0 Å². The van der Waals surface area contributed by atoms with Crippen molar-refractivity contribution in [2.24, 2.45) is 0 Å². The molecule has 19 nitrogen and oxygen atoms in total. The maximum Gasteiger partial charge on any atom is 0.407 e. The highest BCUT2D eigenvalue weighted by Crippen LogP contribution is 2.15. The first-order valence-electron chi connectivity index (χ1n) is 18.2. The van der Waals surface area contributed by atoms with Gasteiger partial charge < -0.3 is 53.3 Å². The topological polar surface area (TPSA) is 233 Å². The minimum Gasteiger partial charge on any atom is -0.446 e. The van der Waals surface area contributed by atoms with Gasteiger partial charge in [0.1, 0.15) is 6.10 Å². The third-order valence-corrected chi connectivity index (χ3v) is 8.69. The molecule has 0 saturated carbocycles. The van der Waals surface area contributed by atoms with Crippen LogP contribution in [0.25, 0.3) is 0 Å². The van der Waals surface area contributed by atoms with Gasteiger partial charge in [-0.2, -0.15) is 8.42 Å². The molecule has 2 rings (SSSR count). The standard InChI is InChI=1S/C34H57N3O16S/c38-31-8-9-32(39)37(31)11-13-46-15-17-48-19-21-50-23-25-52-27-26-51-24-22-49-20-18-47-16-14-45-12-10-35-33(40)30(54(42,43)44)28-36-34(41)53-29-6-4-2-1-3-5-7-29/h1-2,8-9,29-30H,3-7,10-28H2,(H,35,40)(H,36,41)(H,42,43,44)/b2-1+. The van der Waals surface area contributed by atoms with Crippen LogP contribution in [-0.2, 0) is 67.1 Å². The molecule has 1 aliphatic carbocycles. The number of nitrogens with zero attached hydrogens (tertiary/aromatic N) is 1. The average Bonchev–Trinajstić information content (AvgIpc) is 3.44. The molecule has 0 radical (unpaired) electrons. The number of carbonyl (C=O) groups is 4. The molecule has 0 aromatic rings. The number of hydrogen-bond donors (Lipinski definition) is 3. The highest BCUT2D eigenvalue weighted by molar-refractivity contribution is 7.87. The van der Waals surface area contributed by atoms with Gasteiger partial charge in [-0.15, -0.1) is 0 Å². The summed E-state index contributed by atoms with van der Waals surface area (Å²) in [5.74, 6) is -1.63. The Bertz CT molecular complexity index is 1220. The van der Waals surface area contributed by atoms with Crippen molar-refractivity contribution < 1.29 is 74.8 Å². The fraction of sp³-hybridized carbons (Fsp3) is 0.765. The molecule has 2 atom stereocenters. The second-order valence-electron chi connectivity index (χ2n) is 11.7. The van der Waals surface area contributed by atoms with E-state index in [0.717, 1.165) is 24.2 Å². The molecule has 0 aromatic carbocycles. The number of amides is 4. The molecule has 4 amide bonds. The number of ether oxygens (including phenoxy) is 9. The zero-order chi connectivity index (χ0) is 39.1. The molecule has 310 valence electrons. The van der Waals surface area contributed by atoms with E-state index in [2.05, 4.69) is 16.7 Å². The monoisotopic (exact) mass is 795 g/mol. The van der Waals surface area contributed by atoms with Gasteiger partial charge in [0.2, 0.25) is 5.91 Å². The van der Waals surface area contributed by atoms with Gasteiger partial charge in [0.25, 0.3) is 21.9 Å². The fourth-order valence-electron chi connectivity index (χ4n) is 4.75. The molecule has 2 aliphatic rings. The van der Waals surface area contributed by atoms with Crippen molar-refractivity contribution >= 4 is 33.9 Å². The zero-order valence-electron chi connectivity index (χ0n) is 30.9. The van der Waals surface area contributed by atoms with E-state index in [4.69, 9.17) is 42.6 Å². The minimum absolute atomic E-state index is 0.0166. The van der Waals surface area contributed by atoms with E-state index in [0.29, 0.717) is 92.1 Å². The second kappa shape index (κ2) is 30.2. The van der Waals surface area contributed by atoms with Crippen LogP contribution in [0, 0.1) is 0 Å². The SMILES string of the molecule is O=C(NCC(C(=O)NCCOCCOCCOCCOCCOCCOCCOCCOCCN1C(=O)C=CC1=O)S(=O)(=O)O)OC1CC/C=C/CCC1. The van der Waals surface area contributed by atoms with Crippen molar-refractivity contribution in [2.75, 3.05) is 125 Å². The van der Waals surface area contributed by atoms with E-state index >= 15 is 0 Å². The predicted octanol–water partition coefficient (Wildman–Crippen LogP) is 0.0319. The number of imide groups is 1. The summed E-state index contributed by atoms with van der Waals surface area (Å²) in [6.07, 6.45) is 9.28. The van der Waals surface area contributed by atoms with Gasteiger partial charge in [-0.1, -0.05) is 12.2 Å². The molecule has 0 aromatic heterocycles. The van der Waals surface area contributed by atoms with Gasteiger partial charge in [-0.05, 0) is 32.1 Å². The summed E-state index contributed by atoms with van der Waals surface area (Å²) < 4.78 is 81.6. The van der Waals surface area contributed by atoms with Gasteiger partial charge in [-0.25, -0.2) is 4.79 Å². The van der Waals surface area contributed by atoms with Crippen molar-refractivity contribution in [3.8, 4) is 0 Å². The molecular formula is C34H57N3O16S. The third kappa shape index (κ3) is 23.7. The van der Waals surface area contributed by atoms with Crippen LogP contribution in [-0.4, -0.2) is 178 Å².